The van der Waals surface area contributed by atoms with Crippen molar-refractivity contribution in [2.24, 2.45) is 0 Å². The van der Waals surface area contributed by atoms with Crippen LogP contribution in [0.5, 0.6) is 0 Å². The van der Waals surface area contributed by atoms with Crippen molar-refractivity contribution in [2.75, 3.05) is 12.4 Å². The van der Waals surface area contributed by atoms with E-state index in [0.717, 1.165) is 5.56 Å². The summed E-state index contributed by atoms with van der Waals surface area (Å²) in [6, 6.07) is 12.7. The highest BCUT2D eigenvalue weighted by Gasteiger charge is 2.17. The number of benzene rings is 2. The molecule has 0 heterocycles. The molecule has 0 saturated heterocycles. The number of hydrogen-bond acceptors (Lipinski definition) is 4. The number of rotatable bonds is 4. The predicted octanol–water partition coefficient (Wildman–Crippen LogP) is 4.29. The van der Waals surface area contributed by atoms with Gasteiger partial charge in [-0.15, -0.1) is 0 Å². The first-order valence-corrected chi connectivity index (χ1v) is 7.67. The second-order valence-corrected chi connectivity index (χ2v) is 5.63. The third-order valence-corrected chi connectivity index (χ3v) is 3.91. The molecular formula is C17H16BrNO4. The molecule has 0 fully saturated rings. The van der Waals surface area contributed by atoms with Gasteiger partial charge in [0.1, 0.15) is 6.61 Å². The Hall–Kier alpha value is -2.34. The molecule has 1 N–H and O–H groups in total. The molecule has 2 rings (SSSR count). The second kappa shape index (κ2) is 7.78. The molecule has 0 aliphatic heterocycles. The van der Waals surface area contributed by atoms with Crippen LogP contribution >= 0.6 is 15.9 Å². The van der Waals surface area contributed by atoms with E-state index >= 15 is 0 Å². The van der Waals surface area contributed by atoms with Crippen molar-refractivity contribution >= 4 is 33.7 Å². The molecule has 2 aromatic rings. The van der Waals surface area contributed by atoms with Gasteiger partial charge < -0.3 is 9.47 Å². The summed E-state index contributed by atoms with van der Waals surface area (Å²) in [5, 5.41) is 2.64. The highest BCUT2D eigenvalue weighted by Crippen LogP contribution is 2.27. The van der Waals surface area contributed by atoms with Crippen LogP contribution in [0.3, 0.4) is 0 Å². The van der Waals surface area contributed by atoms with Crippen LogP contribution in [-0.2, 0) is 16.1 Å². The van der Waals surface area contributed by atoms with Gasteiger partial charge in [-0.25, -0.2) is 9.59 Å². The lowest BCUT2D eigenvalue weighted by Crippen LogP contribution is -2.16. The number of carbonyl (C=O) groups excluding carboxylic acids is 2. The summed E-state index contributed by atoms with van der Waals surface area (Å²) < 4.78 is 10.5. The number of amides is 1. The number of nitrogens with one attached hydrogen (secondary N) is 1. The Bertz CT molecular complexity index is 716. The minimum atomic E-state index is -0.588. The van der Waals surface area contributed by atoms with Gasteiger partial charge in [0, 0.05) is 10.2 Å². The van der Waals surface area contributed by atoms with Crippen LogP contribution in [0.25, 0.3) is 0 Å². The first-order chi connectivity index (χ1) is 11.0. The van der Waals surface area contributed by atoms with Crippen molar-refractivity contribution < 1.29 is 19.1 Å². The lowest BCUT2D eigenvalue weighted by atomic mass is 10.1. The predicted molar refractivity (Wildman–Crippen MR) is 90.5 cm³/mol. The van der Waals surface area contributed by atoms with E-state index in [2.05, 4.69) is 21.2 Å². The zero-order valence-electron chi connectivity index (χ0n) is 12.8. The zero-order valence-corrected chi connectivity index (χ0v) is 14.3. The number of ether oxygens (including phenoxy) is 2. The smallest absolute Gasteiger partial charge is 0.411 e. The minimum Gasteiger partial charge on any atom is -0.465 e. The van der Waals surface area contributed by atoms with Crippen molar-refractivity contribution in [3.05, 3.63) is 63.6 Å². The van der Waals surface area contributed by atoms with E-state index in [0.29, 0.717) is 21.3 Å². The number of anilines is 1. The summed E-state index contributed by atoms with van der Waals surface area (Å²) in [4.78, 5) is 23.7. The van der Waals surface area contributed by atoms with E-state index in [9.17, 15) is 9.59 Å². The van der Waals surface area contributed by atoms with Crippen molar-refractivity contribution in [1.82, 2.24) is 0 Å². The first-order valence-electron chi connectivity index (χ1n) is 6.88. The van der Waals surface area contributed by atoms with Crippen LogP contribution in [0.4, 0.5) is 10.5 Å². The highest BCUT2D eigenvalue weighted by molar-refractivity contribution is 9.10. The fourth-order valence-electron chi connectivity index (χ4n) is 2.04. The van der Waals surface area contributed by atoms with Gasteiger partial charge in [-0.2, -0.15) is 0 Å². The van der Waals surface area contributed by atoms with Gasteiger partial charge in [0.05, 0.1) is 12.7 Å². The molecule has 0 unspecified atom stereocenters. The lowest BCUT2D eigenvalue weighted by Gasteiger charge is -2.13. The first kappa shape index (κ1) is 17.0. The molecule has 0 aliphatic carbocycles. The van der Waals surface area contributed by atoms with Crippen molar-refractivity contribution in [1.29, 1.82) is 0 Å². The van der Waals surface area contributed by atoms with Gasteiger partial charge >= 0.3 is 12.1 Å². The van der Waals surface area contributed by atoms with Crippen LogP contribution in [0.15, 0.2) is 46.9 Å². The van der Waals surface area contributed by atoms with E-state index in [4.69, 9.17) is 9.47 Å². The Morgan fingerprint density at radius 1 is 1.13 bits per heavy atom. The average molecular weight is 378 g/mol. The Kier molecular flexibility index (Phi) is 5.76. The van der Waals surface area contributed by atoms with E-state index in [1.807, 2.05) is 30.3 Å². The molecule has 23 heavy (non-hydrogen) atoms. The molecule has 0 spiro atoms. The van der Waals surface area contributed by atoms with Crippen LogP contribution < -0.4 is 5.32 Å². The molecule has 5 nitrogen and oxygen atoms in total. The highest BCUT2D eigenvalue weighted by atomic mass is 79.9. The molecule has 120 valence electrons. The van der Waals surface area contributed by atoms with E-state index in [1.165, 1.54) is 7.11 Å². The van der Waals surface area contributed by atoms with Crippen molar-refractivity contribution in [2.45, 2.75) is 13.5 Å². The van der Waals surface area contributed by atoms with Gasteiger partial charge in [0.15, 0.2) is 0 Å². The Balaban J connectivity index is 2.08. The van der Waals surface area contributed by atoms with Gasteiger partial charge in [-0.1, -0.05) is 30.3 Å². The van der Waals surface area contributed by atoms with Gasteiger partial charge in [-0.3, -0.25) is 5.32 Å². The summed E-state index contributed by atoms with van der Waals surface area (Å²) in [7, 11) is 1.31. The maximum absolute atomic E-state index is 11.9. The summed E-state index contributed by atoms with van der Waals surface area (Å²) in [5.41, 5.74) is 2.35. The lowest BCUT2D eigenvalue weighted by molar-refractivity contribution is 0.0599. The summed E-state index contributed by atoms with van der Waals surface area (Å²) in [6.07, 6.45) is -0.588. The SMILES string of the molecule is COC(=O)c1c(Br)ccc(NC(=O)OCc2ccccc2)c1C. The number of methoxy groups -OCH3 is 1. The quantitative estimate of drug-likeness (QED) is 0.806. The molecular weight excluding hydrogens is 362 g/mol. The fraction of sp³-hybridized carbons (Fsp3) is 0.176. The molecule has 0 aliphatic rings. The molecule has 1 amide bonds. The van der Waals surface area contributed by atoms with Crippen molar-refractivity contribution in [3.63, 3.8) is 0 Å². The molecule has 2 aromatic carbocycles. The Labute approximate surface area is 142 Å². The third-order valence-electron chi connectivity index (χ3n) is 3.25. The van der Waals surface area contributed by atoms with Crippen LogP contribution in [0.2, 0.25) is 0 Å². The van der Waals surface area contributed by atoms with Gasteiger partial charge in [0.25, 0.3) is 0 Å². The summed E-state index contributed by atoms with van der Waals surface area (Å²) in [5.74, 6) is -0.476. The largest absolute Gasteiger partial charge is 0.465 e. The molecule has 0 bridgehead atoms. The number of hydrogen-bond donors (Lipinski definition) is 1. The van der Waals surface area contributed by atoms with E-state index in [-0.39, 0.29) is 6.61 Å². The van der Waals surface area contributed by atoms with Crippen LogP contribution in [0, 0.1) is 6.92 Å². The number of esters is 1. The summed E-state index contributed by atoms with van der Waals surface area (Å²) in [6.45, 7) is 1.90. The van der Waals surface area contributed by atoms with E-state index < -0.39 is 12.1 Å². The molecule has 6 heteroatoms. The second-order valence-electron chi connectivity index (χ2n) is 4.77. The minimum absolute atomic E-state index is 0.173. The topological polar surface area (TPSA) is 64.6 Å². The monoisotopic (exact) mass is 377 g/mol. The summed E-state index contributed by atoms with van der Waals surface area (Å²) >= 11 is 3.31. The average Bonchev–Trinajstić information content (AvgIpc) is 2.56. The number of carbonyl (C=O) groups is 2. The van der Waals surface area contributed by atoms with Crippen LogP contribution in [-0.4, -0.2) is 19.2 Å². The fourth-order valence-corrected chi connectivity index (χ4v) is 2.63. The van der Waals surface area contributed by atoms with Crippen LogP contribution in [0.1, 0.15) is 21.5 Å². The number of halogens is 1. The van der Waals surface area contributed by atoms with Crippen molar-refractivity contribution in [3.8, 4) is 0 Å². The Morgan fingerprint density at radius 2 is 1.83 bits per heavy atom. The third kappa shape index (κ3) is 4.32. The van der Waals surface area contributed by atoms with Gasteiger partial charge in [0.2, 0.25) is 0 Å². The molecule has 0 atom stereocenters. The standard InChI is InChI=1S/C17H16BrNO4/c1-11-14(9-8-13(18)15(11)16(20)22-2)19-17(21)23-10-12-6-4-3-5-7-12/h3-9H,10H2,1-2H3,(H,19,21). The molecule has 0 radical (unpaired) electrons. The normalized spacial score (nSPS) is 10.0. The molecule has 0 aromatic heterocycles. The van der Waals surface area contributed by atoms with Gasteiger partial charge in [-0.05, 0) is 46.1 Å². The maximum atomic E-state index is 11.9. The Morgan fingerprint density at radius 3 is 2.48 bits per heavy atom. The van der Waals surface area contributed by atoms with E-state index in [1.54, 1.807) is 19.1 Å². The molecule has 0 saturated carbocycles. The zero-order chi connectivity index (χ0) is 16.8. The maximum Gasteiger partial charge on any atom is 0.411 e.